The normalized spacial score (nSPS) is 20.2. The molecule has 1 aliphatic heterocycles. The van der Waals surface area contributed by atoms with Crippen LogP contribution in [0.25, 0.3) is 0 Å². The summed E-state index contributed by atoms with van der Waals surface area (Å²) < 4.78 is 0.760. The summed E-state index contributed by atoms with van der Waals surface area (Å²) in [5.41, 5.74) is 0.326. The van der Waals surface area contributed by atoms with Crippen molar-refractivity contribution < 1.29 is 9.90 Å². The molecule has 5 heteroatoms. The van der Waals surface area contributed by atoms with Crippen LogP contribution in [-0.2, 0) is 0 Å². The van der Waals surface area contributed by atoms with Crippen LogP contribution in [0.2, 0.25) is 0 Å². The summed E-state index contributed by atoms with van der Waals surface area (Å²) in [7, 11) is 2.11. The molecule has 0 aromatic heterocycles. The molecule has 1 unspecified atom stereocenters. The third-order valence-electron chi connectivity index (χ3n) is 3.48. The number of likely N-dealkylation sites (tertiary alicyclic amines) is 1. The molecule has 0 spiro atoms. The zero-order valence-corrected chi connectivity index (χ0v) is 12.6. The fourth-order valence-electron chi connectivity index (χ4n) is 2.47. The summed E-state index contributed by atoms with van der Waals surface area (Å²) in [6, 6.07) is 4.91. The summed E-state index contributed by atoms with van der Waals surface area (Å²) in [6.45, 7) is 2.82. The number of carbonyl (C=O) groups excluding carboxylic acids is 1. The number of hydrogen-bond donors (Lipinski definition) is 2. The number of hydrogen-bond acceptors (Lipinski definition) is 3. The van der Waals surface area contributed by atoms with E-state index < -0.39 is 0 Å². The summed E-state index contributed by atoms with van der Waals surface area (Å²) in [4.78, 5) is 14.3. The highest BCUT2D eigenvalue weighted by Crippen LogP contribution is 2.22. The lowest BCUT2D eigenvalue weighted by molar-refractivity contribution is 0.0934. The number of halogens is 1. The molecule has 1 saturated heterocycles. The number of carbonyl (C=O) groups is 1. The number of aromatic hydroxyl groups is 1. The fourth-order valence-corrected chi connectivity index (χ4v) is 2.82. The van der Waals surface area contributed by atoms with Gasteiger partial charge in [-0.05, 0) is 50.6 Å². The van der Waals surface area contributed by atoms with Gasteiger partial charge >= 0.3 is 0 Å². The van der Waals surface area contributed by atoms with Crippen molar-refractivity contribution in [3.8, 4) is 5.75 Å². The van der Waals surface area contributed by atoms with E-state index in [0.717, 1.165) is 24.0 Å². The monoisotopic (exact) mass is 326 g/mol. The van der Waals surface area contributed by atoms with Crippen LogP contribution in [0.15, 0.2) is 22.7 Å². The van der Waals surface area contributed by atoms with Crippen molar-refractivity contribution >= 4 is 21.8 Å². The second-order valence-corrected chi connectivity index (χ2v) is 6.06. The molecule has 0 aliphatic carbocycles. The van der Waals surface area contributed by atoms with Gasteiger partial charge in [-0.1, -0.05) is 15.9 Å². The van der Waals surface area contributed by atoms with E-state index in [1.807, 2.05) is 0 Å². The van der Waals surface area contributed by atoms with Gasteiger partial charge in [-0.25, -0.2) is 0 Å². The third kappa shape index (κ3) is 3.94. The van der Waals surface area contributed by atoms with Gasteiger partial charge in [0.25, 0.3) is 5.91 Å². The smallest absolute Gasteiger partial charge is 0.255 e. The van der Waals surface area contributed by atoms with Crippen LogP contribution >= 0.6 is 15.9 Å². The molecule has 104 valence electrons. The van der Waals surface area contributed by atoms with Crippen LogP contribution in [0.4, 0.5) is 0 Å². The molecule has 0 bridgehead atoms. The molecule has 1 fully saturated rings. The Morgan fingerprint density at radius 3 is 3.05 bits per heavy atom. The minimum Gasteiger partial charge on any atom is -0.507 e. The average Bonchev–Trinajstić information content (AvgIpc) is 2.36. The van der Waals surface area contributed by atoms with Crippen LogP contribution in [-0.4, -0.2) is 42.6 Å². The summed E-state index contributed by atoms with van der Waals surface area (Å²) >= 11 is 3.26. The van der Waals surface area contributed by atoms with Gasteiger partial charge in [-0.3, -0.25) is 4.79 Å². The molecule has 1 aromatic rings. The molecule has 1 aliphatic rings. The lowest BCUT2D eigenvalue weighted by Crippen LogP contribution is -2.39. The van der Waals surface area contributed by atoms with Crippen molar-refractivity contribution in [1.82, 2.24) is 10.2 Å². The standard InChI is InChI=1S/C14H19BrN2O2/c1-17-6-2-3-10(9-17)8-16-14(19)12-5-4-11(15)7-13(12)18/h4-5,7,10,18H,2-3,6,8-9H2,1H3,(H,16,19). The molecule has 2 rings (SSSR count). The number of piperidine rings is 1. The van der Waals surface area contributed by atoms with Crippen LogP contribution < -0.4 is 5.32 Å². The molecule has 1 amide bonds. The van der Waals surface area contributed by atoms with Gasteiger partial charge in [0.1, 0.15) is 5.75 Å². The topological polar surface area (TPSA) is 52.6 Å². The van der Waals surface area contributed by atoms with E-state index in [9.17, 15) is 9.90 Å². The number of benzene rings is 1. The molecule has 1 heterocycles. The summed E-state index contributed by atoms with van der Waals surface area (Å²) in [5, 5.41) is 12.7. The highest BCUT2D eigenvalue weighted by atomic mass is 79.9. The van der Waals surface area contributed by atoms with Crippen LogP contribution in [0.3, 0.4) is 0 Å². The van der Waals surface area contributed by atoms with E-state index in [1.165, 1.54) is 12.5 Å². The summed E-state index contributed by atoms with van der Waals surface area (Å²) in [6.07, 6.45) is 2.33. The van der Waals surface area contributed by atoms with Crippen molar-refractivity contribution in [3.05, 3.63) is 28.2 Å². The maximum Gasteiger partial charge on any atom is 0.255 e. The van der Waals surface area contributed by atoms with Gasteiger partial charge < -0.3 is 15.3 Å². The average molecular weight is 327 g/mol. The molecule has 2 N–H and O–H groups in total. The van der Waals surface area contributed by atoms with Crippen LogP contribution in [0, 0.1) is 5.92 Å². The Bertz CT molecular complexity index is 465. The van der Waals surface area contributed by atoms with Crippen molar-refractivity contribution in [2.45, 2.75) is 12.8 Å². The van der Waals surface area contributed by atoms with E-state index in [0.29, 0.717) is 18.0 Å². The first-order valence-corrected chi connectivity index (χ1v) is 7.31. The van der Waals surface area contributed by atoms with E-state index in [1.54, 1.807) is 12.1 Å². The van der Waals surface area contributed by atoms with E-state index in [4.69, 9.17) is 0 Å². The zero-order valence-electron chi connectivity index (χ0n) is 11.0. The van der Waals surface area contributed by atoms with Crippen molar-refractivity contribution in [2.24, 2.45) is 5.92 Å². The van der Waals surface area contributed by atoms with Crippen LogP contribution in [0.1, 0.15) is 23.2 Å². The first-order chi connectivity index (χ1) is 9.06. The van der Waals surface area contributed by atoms with E-state index in [2.05, 4.69) is 33.2 Å². The highest BCUT2D eigenvalue weighted by Gasteiger charge is 2.18. The fraction of sp³-hybridized carbons (Fsp3) is 0.500. The first kappa shape index (κ1) is 14.3. The number of phenolic OH excluding ortho intramolecular Hbond substituents is 1. The lowest BCUT2D eigenvalue weighted by atomic mass is 9.98. The molecule has 1 aromatic carbocycles. The van der Waals surface area contributed by atoms with E-state index in [-0.39, 0.29) is 11.7 Å². The number of nitrogens with zero attached hydrogens (tertiary/aromatic N) is 1. The Kier molecular flexibility index (Phi) is 4.82. The van der Waals surface area contributed by atoms with E-state index >= 15 is 0 Å². The number of nitrogens with one attached hydrogen (secondary N) is 1. The number of rotatable bonds is 3. The number of phenols is 1. The second-order valence-electron chi connectivity index (χ2n) is 5.14. The van der Waals surface area contributed by atoms with Crippen molar-refractivity contribution in [1.29, 1.82) is 0 Å². The molecule has 0 saturated carbocycles. The first-order valence-electron chi connectivity index (χ1n) is 6.51. The van der Waals surface area contributed by atoms with Crippen molar-refractivity contribution in [2.75, 3.05) is 26.7 Å². The third-order valence-corrected chi connectivity index (χ3v) is 3.97. The Labute approximate surface area is 121 Å². The minimum absolute atomic E-state index is 0.00707. The predicted molar refractivity (Wildman–Crippen MR) is 78.4 cm³/mol. The van der Waals surface area contributed by atoms with Gasteiger partial charge in [-0.2, -0.15) is 0 Å². The SMILES string of the molecule is CN1CCCC(CNC(=O)c2ccc(Br)cc2O)C1. The van der Waals surface area contributed by atoms with Gasteiger partial charge in [0.2, 0.25) is 0 Å². The molecule has 0 radical (unpaired) electrons. The van der Waals surface area contributed by atoms with Crippen molar-refractivity contribution in [3.63, 3.8) is 0 Å². The molecular formula is C14H19BrN2O2. The Morgan fingerprint density at radius 1 is 1.58 bits per heavy atom. The van der Waals surface area contributed by atoms with Crippen LogP contribution in [0.5, 0.6) is 5.75 Å². The molecular weight excluding hydrogens is 308 g/mol. The Morgan fingerprint density at radius 2 is 2.37 bits per heavy atom. The van der Waals surface area contributed by atoms with Gasteiger partial charge in [-0.15, -0.1) is 0 Å². The molecule has 4 nitrogen and oxygen atoms in total. The lowest BCUT2D eigenvalue weighted by Gasteiger charge is -2.29. The molecule has 1 atom stereocenters. The maximum absolute atomic E-state index is 12.0. The second kappa shape index (κ2) is 6.39. The number of amides is 1. The van der Waals surface area contributed by atoms with Gasteiger partial charge in [0.15, 0.2) is 0 Å². The molecule has 19 heavy (non-hydrogen) atoms. The quantitative estimate of drug-likeness (QED) is 0.895. The van der Waals surface area contributed by atoms with Gasteiger partial charge in [0, 0.05) is 17.6 Å². The largest absolute Gasteiger partial charge is 0.507 e. The predicted octanol–water partition coefficient (Wildman–Crippen LogP) is 2.23. The zero-order chi connectivity index (χ0) is 13.8. The Hall–Kier alpha value is -1.07. The minimum atomic E-state index is -0.210. The maximum atomic E-state index is 12.0. The van der Waals surface area contributed by atoms with Gasteiger partial charge in [0.05, 0.1) is 5.56 Å². The summed E-state index contributed by atoms with van der Waals surface area (Å²) in [5.74, 6) is 0.297. The highest BCUT2D eigenvalue weighted by molar-refractivity contribution is 9.10. The Balaban J connectivity index is 1.90.